The van der Waals surface area contributed by atoms with E-state index in [9.17, 15) is 5.11 Å². The van der Waals surface area contributed by atoms with Crippen LogP contribution in [0.2, 0.25) is 0 Å². The fourth-order valence-corrected chi connectivity index (χ4v) is 4.09. The van der Waals surface area contributed by atoms with E-state index < -0.39 is 5.60 Å². The van der Waals surface area contributed by atoms with Crippen molar-refractivity contribution in [2.24, 2.45) is 0 Å². The van der Waals surface area contributed by atoms with E-state index in [2.05, 4.69) is 41.7 Å². The highest BCUT2D eigenvalue weighted by atomic mass is 16.5. The quantitative estimate of drug-likeness (QED) is 0.471. The molecule has 0 unspecified atom stereocenters. The Morgan fingerprint density at radius 3 is 1.83 bits per heavy atom. The van der Waals surface area contributed by atoms with Gasteiger partial charge < -0.3 is 15.2 Å². The Hall–Kier alpha value is -3.56. The Balaban J connectivity index is 1.77. The molecule has 0 fully saturated rings. The van der Waals surface area contributed by atoms with Gasteiger partial charge in [-0.1, -0.05) is 91.0 Å². The number of anilines is 1. The Labute approximate surface area is 170 Å². The molecule has 4 aromatic carbocycles. The molecule has 0 saturated carbocycles. The number of nitrogens with one attached hydrogen (secondary N) is 1. The van der Waals surface area contributed by atoms with Crippen LogP contribution in [0, 0.1) is 0 Å². The fourth-order valence-electron chi connectivity index (χ4n) is 4.09. The predicted molar refractivity (Wildman–Crippen MR) is 115 cm³/mol. The number of para-hydroxylation sites is 1. The first kappa shape index (κ1) is 17.5. The van der Waals surface area contributed by atoms with E-state index in [4.69, 9.17) is 4.74 Å². The van der Waals surface area contributed by atoms with Crippen LogP contribution in [0.3, 0.4) is 0 Å². The second kappa shape index (κ2) is 7.12. The van der Waals surface area contributed by atoms with Crippen molar-refractivity contribution in [1.82, 2.24) is 0 Å². The first-order valence-corrected chi connectivity index (χ1v) is 9.71. The number of fused-ring (bicyclic) bond motifs is 1. The van der Waals surface area contributed by atoms with E-state index in [-0.39, 0.29) is 12.0 Å². The van der Waals surface area contributed by atoms with Crippen LogP contribution in [-0.4, -0.2) is 5.11 Å². The third-order valence-electron chi connectivity index (χ3n) is 5.44. The molecule has 0 amide bonds. The van der Waals surface area contributed by atoms with Crippen LogP contribution in [0.4, 0.5) is 5.69 Å². The number of rotatable bonds is 3. The van der Waals surface area contributed by atoms with Crippen molar-refractivity contribution in [1.29, 1.82) is 0 Å². The zero-order valence-electron chi connectivity index (χ0n) is 15.8. The summed E-state index contributed by atoms with van der Waals surface area (Å²) in [5, 5.41) is 13.2. The zero-order valence-corrected chi connectivity index (χ0v) is 15.8. The largest absolute Gasteiger partial charge is 0.508 e. The summed E-state index contributed by atoms with van der Waals surface area (Å²) < 4.78 is 6.91. The number of hydrogen-bond acceptors (Lipinski definition) is 3. The van der Waals surface area contributed by atoms with E-state index in [1.807, 2.05) is 60.7 Å². The number of hydrogen-bond donors (Lipinski definition) is 2. The van der Waals surface area contributed by atoms with Gasteiger partial charge >= 0.3 is 0 Å². The molecule has 1 atom stereocenters. The molecule has 0 bridgehead atoms. The summed E-state index contributed by atoms with van der Waals surface area (Å²) in [6.07, 6.45) is -0.370. The van der Waals surface area contributed by atoms with Gasteiger partial charge in [-0.15, -0.1) is 0 Å². The monoisotopic (exact) mass is 379 g/mol. The molecule has 4 aromatic rings. The van der Waals surface area contributed by atoms with Crippen molar-refractivity contribution in [3.05, 3.63) is 131 Å². The van der Waals surface area contributed by atoms with Crippen LogP contribution < -0.4 is 5.32 Å². The maximum atomic E-state index is 9.71. The van der Waals surface area contributed by atoms with Crippen LogP contribution in [0.1, 0.15) is 28.5 Å². The summed E-state index contributed by atoms with van der Waals surface area (Å²) in [5.74, 6) is 0.238. The Kier molecular flexibility index (Phi) is 4.30. The molecule has 0 saturated heterocycles. The molecule has 1 aliphatic rings. The van der Waals surface area contributed by atoms with Gasteiger partial charge in [-0.25, -0.2) is 0 Å². The molecule has 0 aliphatic carbocycles. The molecule has 3 nitrogen and oxygen atoms in total. The van der Waals surface area contributed by atoms with Gasteiger partial charge in [-0.3, -0.25) is 0 Å². The van der Waals surface area contributed by atoms with Crippen molar-refractivity contribution in [3.8, 4) is 5.75 Å². The lowest BCUT2D eigenvalue weighted by molar-refractivity contribution is -0.0432. The van der Waals surface area contributed by atoms with E-state index in [1.165, 1.54) is 0 Å². The lowest BCUT2D eigenvalue weighted by atomic mass is 9.78. The van der Waals surface area contributed by atoms with Crippen molar-refractivity contribution < 1.29 is 9.84 Å². The van der Waals surface area contributed by atoms with E-state index in [1.54, 1.807) is 12.1 Å². The molecular weight excluding hydrogens is 358 g/mol. The molecule has 0 spiro atoms. The van der Waals surface area contributed by atoms with Gasteiger partial charge in [0.15, 0.2) is 6.23 Å². The molecule has 1 aliphatic heterocycles. The van der Waals surface area contributed by atoms with E-state index >= 15 is 0 Å². The minimum Gasteiger partial charge on any atom is -0.508 e. The predicted octanol–water partition coefficient (Wildman–Crippen LogP) is 5.83. The normalized spacial score (nSPS) is 17.2. The summed E-state index contributed by atoms with van der Waals surface area (Å²) in [6.45, 7) is 0. The molecule has 0 aromatic heterocycles. The van der Waals surface area contributed by atoms with Crippen LogP contribution in [0.25, 0.3) is 0 Å². The number of phenolic OH excluding ortho intramolecular Hbond substituents is 1. The van der Waals surface area contributed by atoms with Crippen LogP contribution >= 0.6 is 0 Å². The molecule has 2 N–H and O–H groups in total. The third-order valence-corrected chi connectivity index (χ3v) is 5.44. The maximum Gasteiger partial charge on any atom is 0.156 e. The smallest absolute Gasteiger partial charge is 0.156 e. The molecular formula is C26H21NO2. The Morgan fingerprint density at radius 1 is 0.655 bits per heavy atom. The summed E-state index contributed by atoms with van der Waals surface area (Å²) in [5.41, 5.74) is 4.45. The Bertz CT molecular complexity index is 1070. The summed E-state index contributed by atoms with van der Waals surface area (Å²) >= 11 is 0. The standard InChI is InChI=1S/C26H21NO2/c28-22-17-15-19(16-18-22)25-27-24-14-8-7-13-23(24)26(29-25,20-9-3-1-4-10-20)21-11-5-2-6-12-21/h1-18,25,27-28H/t25-/m0/s1. The molecule has 0 radical (unpaired) electrons. The lowest BCUT2D eigenvalue weighted by Gasteiger charge is -2.44. The molecule has 29 heavy (non-hydrogen) atoms. The average Bonchev–Trinajstić information content (AvgIpc) is 2.80. The van der Waals surface area contributed by atoms with E-state index in [0.717, 1.165) is 27.9 Å². The van der Waals surface area contributed by atoms with Crippen molar-refractivity contribution in [3.63, 3.8) is 0 Å². The SMILES string of the molecule is Oc1ccc([C@H]2Nc3ccccc3C(c3ccccc3)(c3ccccc3)O2)cc1. The van der Waals surface area contributed by atoms with Crippen LogP contribution in [0.15, 0.2) is 109 Å². The molecule has 1 heterocycles. The second-order valence-corrected chi connectivity index (χ2v) is 7.19. The minimum absolute atomic E-state index is 0.238. The number of phenols is 1. The lowest BCUT2D eigenvalue weighted by Crippen LogP contribution is -2.40. The highest BCUT2D eigenvalue weighted by Crippen LogP contribution is 2.50. The topological polar surface area (TPSA) is 41.5 Å². The van der Waals surface area contributed by atoms with Crippen LogP contribution in [0.5, 0.6) is 5.75 Å². The van der Waals surface area contributed by atoms with E-state index in [0.29, 0.717) is 0 Å². The average molecular weight is 379 g/mol. The van der Waals surface area contributed by atoms with Gasteiger partial charge in [-0.05, 0) is 29.3 Å². The molecule has 3 heteroatoms. The summed E-state index contributed by atoms with van der Waals surface area (Å²) in [7, 11) is 0. The first-order chi connectivity index (χ1) is 14.3. The minimum atomic E-state index is -0.757. The first-order valence-electron chi connectivity index (χ1n) is 9.71. The maximum absolute atomic E-state index is 9.71. The molecule has 142 valence electrons. The summed E-state index contributed by atoms with van der Waals surface area (Å²) in [6, 6.07) is 36.1. The Morgan fingerprint density at radius 2 is 1.21 bits per heavy atom. The zero-order chi connectivity index (χ0) is 19.7. The van der Waals surface area contributed by atoms with Gasteiger partial charge in [0.1, 0.15) is 11.4 Å². The highest BCUT2D eigenvalue weighted by molar-refractivity contribution is 5.63. The van der Waals surface area contributed by atoms with Crippen molar-refractivity contribution in [2.75, 3.05) is 5.32 Å². The third kappa shape index (κ3) is 2.96. The fraction of sp³-hybridized carbons (Fsp3) is 0.0769. The van der Waals surface area contributed by atoms with Gasteiger partial charge in [-0.2, -0.15) is 0 Å². The second-order valence-electron chi connectivity index (χ2n) is 7.19. The summed E-state index contributed by atoms with van der Waals surface area (Å²) in [4.78, 5) is 0. The van der Waals surface area contributed by atoms with Gasteiger partial charge in [0.25, 0.3) is 0 Å². The van der Waals surface area contributed by atoms with Gasteiger partial charge in [0, 0.05) is 16.8 Å². The number of benzene rings is 4. The van der Waals surface area contributed by atoms with Crippen molar-refractivity contribution in [2.45, 2.75) is 11.8 Å². The number of ether oxygens (including phenoxy) is 1. The molecule has 5 rings (SSSR count). The number of aromatic hydroxyl groups is 1. The van der Waals surface area contributed by atoms with Crippen LogP contribution in [-0.2, 0) is 10.3 Å². The van der Waals surface area contributed by atoms with Gasteiger partial charge in [0.05, 0.1) is 0 Å². The van der Waals surface area contributed by atoms with Gasteiger partial charge in [0.2, 0.25) is 0 Å². The van der Waals surface area contributed by atoms with Crippen molar-refractivity contribution >= 4 is 5.69 Å². The highest BCUT2D eigenvalue weighted by Gasteiger charge is 2.44.